The van der Waals surface area contributed by atoms with Gasteiger partial charge in [-0.1, -0.05) is 41.7 Å². The molecule has 6 nitrogen and oxygen atoms in total. The number of rotatable bonds is 5. The maximum absolute atomic E-state index is 12.4. The van der Waals surface area contributed by atoms with Crippen LogP contribution < -0.4 is 5.32 Å². The first-order valence-electron chi connectivity index (χ1n) is 9.78. The number of aromatic nitrogens is 2. The predicted octanol–water partition coefficient (Wildman–Crippen LogP) is 3.66. The van der Waals surface area contributed by atoms with E-state index >= 15 is 0 Å². The van der Waals surface area contributed by atoms with Crippen LogP contribution in [0.1, 0.15) is 44.4 Å². The van der Waals surface area contributed by atoms with Gasteiger partial charge in [0.1, 0.15) is 0 Å². The third-order valence-electron chi connectivity index (χ3n) is 5.57. The summed E-state index contributed by atoms with van der Waals surface area (Å²) in [5.74, 6) is 1.52. The molecule has 7 heteroatoms. The molecule has 1 aliphatic heterocycles. The van der Waals surface area contributed by atoms with Gasteiger partial charge in [0.15, 0.2) is 0 Å². The number of likely N-dealkylation sites (tertiary alicyclic amines) is 1. The second kappa shape index (κ2) is 8.40. The molecule has 1 aromatic carbocycles. The van der Waals surface area contributed by atoms with Crippen molar-refractivity contribution < 1.29 is 9.32 Å². The van der Waals surface area contributed by atoms with E-state index in [1.807, 2.05) is 24.3 Å². The summed E-state index contributed by atoms with van der Waals surface area (Å²) in [6, 6.07) is 7.83. The quantitative estimate of drug-likeness (QED) is 0.846. The summed E-state index contributed by atoms with van der Waals surface area (Å²) in [5.41, 5.74) is 0.847. The van der Waals surface area contributed by atoms with Crippen LogP contribution in [0.25, 0.3) is 11.4 Å². The summed E-state index contributed by atoms with van der Waals surface area (Å²) in [7, 11) is 0. The van der Waals surface area contributed by atoms with E-state index in [9.17, 15) is 4.79 Å². The number of amides is 1. The fourth-order valence-electron chi connectivity index (χ4n) is 4.00. The van der Waals surface area contributed by atoms with Crippen LogP contribution >= 0.6 is 11.6 Å². The highest BCUT2D eigenvalue weighted by Crippen LogP contribution is 2.23. The normalized spacial score (nSPS) is 19.4. The number of nitrogens with one attached hydrogen (secondary N) is 1. The van der Waals surface area contributed by atoms with Gasteiger partial charge in [-0.25, -0.2) is 0 Å². The molecular formula is C20H25ClN4O2. The second-order valence-corrected chi connectivity index (χ2v) is 8.00. The lowest BCUT2D eigenvalue weighted by molar-refractivity contribution is -0.127. The van der Waals surface area contributed by atoms with Gasteiger partial charge in [-0.05, 0) is 50.9 Å². The summed E-state index contributed by atoms with van der Waals surface area (Å²) in [6.07, 6.45) is 6.52. The zero-order valence-electron chi connectivity index (χ0n) is 15.4. The van der Waals surface area contributed by atoms with Gasteiger partial charge in [0.2, 0.25) is 17.6 Å². The van der Waals surface area contributed by atoms with Gasteiger partial charge in [-0.2, -0.15) is 4.98 Å². The predicted molar refractivity (Wildman–Crippen MR) is 103 cm³/mol. The van der Waals surface area contributed by atoms with Crippen molar-refractivity contribution in [3.05, 3.63) is 35.2 Å². The highest BCUT2D eigenvalue weighted by Gasteiger charge is 2.28. The molecule has 0 spiro atoms. The number of benzene rings is 1. The van der Waals surface area contributed by atoms with Gasteiger partial charge in [-0.15, -0.1) is 0 Å². The molecule has 1 saturated carbocycles. The molecule has 1 aromatic heterocycles. The molecule has 1 N–H and O–H groups in total. The fourth-order valence-corrected chi connectivity index (χ4v) is 4.19. The smallest absolute Gasteiger partial charge is 0.241 e. The summed E-state index contributed by atoms with van der Waals surface area (Å²) in [4.78, 5) is 19.2. The standard InChI is InChI=1S/C20H25ClN4O2/c21-16-5-3-4-15(12-16)19-23-18(27-24-19)13-25-10-8-14(9-11-25)20(26)22-17-6-1-2-7-17/h3-5,12,14,17H,1-2,6-11,13H2,(H,22,26). The van der Waals surface area contributed by atoms with Gasteiger partial charge in [0.25, 0.3) is 0 Å². The molecule has 1 aliphatic carbocycles. The molecule has 144 valence electrons. The first kappa shape index (κ1) is 18.4. The van der Waals surface area contributed by atoms with Crippen molar-refractivity contribution >= 4 is 17.5 Å². The van der Waals surface area contributed by atoms with Crippen LogP contribution in [0.15, 0.2) is 28.8 Å². The molecule has 0 bridgehead atoms. The van der Waals surface area contributed by atoms with Crippen molar-refractivity contribution in [3.8, 4) is 11.4 Å². The number of hydrogen-bond acceptors (Lipinski definition) is 5. The monoisotopic (exact) mass is 388 g/mol. The van der Waals surface area contributed by atoms with E-state index in [4.69, 9.17) is 16.1 Å². The van der Waals surface area contributed by atoms with Crippen molar-refractivity contribution in [3.63, 3.8) is 0 Å². The number of carbonyl (C=O) groups excluding carboxylic acids is 1. The molecule has 1 amide bonds. The van der Waals surface area contributed by atoms with E-state index in [1.165, 1.54) is 12.8 Å². The van der Waals surface area contributed by atoms with Gasteiger partial charge in [0.05, 0.1) is 6.54 Å². The Bertz CT molecular complexity index is 780. The highest BCUT2D eigenvalue weighted by molar-refractivity contribution is 6.30. The van der Waals surface area contributed by atoms with Crippen LogP contribution in [0.3, 0.4) is 0 Å². The van der Waals surface area contributed by atoms with Crippen molar-refractivity contribution in [2.45, 2.75) is 51.1 Å². The van der Waals surface area contributed by atoms with Gasteiger partial charge >= 0.3 is 0 Å². The summed E-state index contributed by atoms with van der Waals surface area (Å²) in [6.45, 7) is 2.36. The Morgan fingerprint density at radius 1 is 1.22 bits per heavy atom. The number of nitrogens with zero attached hydrogens (tertiary/aromatic N) is 3. The average molecular weight is 389 g/mol. The Kier molecular flexibility index (Phi) is 5.74. The topological polar surface area (TPSA) is 71.3 Å². The molecule has 2 heterocycles. The van der Waals surface area contributed by atoms with Crippen molar-refractivity contribution in [1.29, 1.82) is 0 Å². The molecule has 4 rings (SSSR count). The Balaban J connectivity index is 1.27. The Labute approximate surface area is 164 Å². The second-order valence-electron chi connectivity index (χ2n) is 7.56. The Morgan fingerprint density at radius 2 is 2.00 bits per heavy atom. The maximum Gasteiger partial charge on any atom is 0.241 e. The lowest BCUT2D eigenvalue weighted by Gasteiger charge is -2.30. The van der Waals surface area contributed by atoms with E-state index < -0.39 is 0 Å². The van der Waals surface area contributed by atoms with Crippen molar-refractivity contribution in [1.82, 2.24) is 20.4 Å². The van der Waals surface area contributed by atoms with Gasteiger partial charge in [-0.3, -0.25) is 9.69 Å². The third kappa shape index (κ3) is 4.68. The molecule has 2 aromatic rings. The molecule has 2 fully saturated rings. The van der Waals surface area contributed by atoms with E-state index in [0.29, 0.717) is 29.3 Å². The molecule has 2 aliphatic rings. The molecular weight excluding hydrogens is 364 g/mol. The summed E-state index contributed by atoms with van der Waals surface area (Å²) < 4.78 is 5.40. The van der Waals surface area contributed by atoms with E-state index in [2.05, 4.69) is 20.4 Å². The van der Waals surface area contributed by atoms with Crippen molar-refractivity contribution in [2.75, 3.05) is 13.1 Å². The van der Waals surface area contributed by atoms with Crippen LogP contribution in [-0.2, 0) is 11.3 Å². The highest BCUT2D eigenvalue weighted by atomic mass is 35.5. The zero-order valence-corrected chi connectivity index (χ0v) is 16.1. The van der Waals surface area contributed by atoms with Crippen LogP contribution in [0, 0.1) is 5.92 Å². The number of piperidine rings is 1. The first-order chi connectivity index (χ1) is 13.2. The van der Waals surface area contributed by atoms with Crippen LogP contribution in [-0.4, -0.2) is 40.1 Å². The van der Waals surface area contributed by atoms with Crippen molar-refractivity contribution in [2.24, 2.45) is 5.92 Å². The van der Waals surface area contributed by atoms with Gasteiger partial charge in [0, 0.05) is 22.5 Å². The van der Waals surface area contributed by atoms with E-state index in [0.717, 1.165) is 44.3 Å². The first-order valence-corrected chi connectivity index (χ1v) is 10.2. The average Bonchev–Trinajstić information content (AvgIpc) is 3.34. The Hall–Kier alpha value is -1.92. The van der Waals surface area contributed by atoms with Crippen LogP contribution in [0.5, 0.6) is 0 Å². The summed E-state index contributed by atoms with van der Waals surface area (Å²) in [5, 5.41) is 7.94. The van der Waals surface area contributed by atoms with Crippen LogP contribution in [0.2, 0.25) is 5.02 Å². The SMILES string of the molecule is O=C(NC1CCCC1)C1CCN(Cc2nc(-c3cccc(Cl)c3)no2)CC1. The molecule has 27 heavy (non-hydrogen) atoms. The third-order valence-corrected chi connectivity index (χ3v) is 5.80. The van der Waals surface area contributed by atoms with E-state index in [1.54, 1.807) is 0 Å². The Morgan fingerprint density at radius 3 is 2.74 bits per heavy atom. The number of hydrogen-bond donors (Lipinski definition) is 1. The minimum Gasteiger partial charge on any atom is -0.353 e. The molecule has 0 unspecified atom stereocenters. The minimum atomic E-state index is 0.131. The lowest BCUT2D eigenvalue weighted by Crippen LogP contribution is -2.43. The molecule has 0 atom stereocenters. The number of carbonyl (C=O) groups is 1. The lowest BCUT2D eigenvalue weighted by atomic mass is 9.95. The summed E-state index contributed by atoms with van der Waals surface area (Å²) >= 11 is 6.02. The molecule has 0 radical (unpaired) electrons. The largest absolute Gasteiger partial charge is 0.353 e. The zero-order chi connectivity index (χ0) is 18.6. The van der Waals surface area contributed by atoms with E-state index in [-0.39, 0.29) is 11.8 Å². The van der Waals surface area contributed by atoms with Crippen LogP contribution in [0.4, 0.5) is 0 Å². The molecule has 1 saturated heterocycles. The number of halogens is 1. The maximum atomic E-state index is 12.4. The minimum absolute atomic E-state index is 0.131. The van der Waals surface area contributed by atoms with Gasteiger partial charge < -0.3 is 9.84 Å². The fraction of sp³-hybridized carbons (Fsp3) is 0.550.